The summed E-state index contributed by atoms with van der Waals surface area (Å²) in [5, 5.41) is 5.12. The third-order valence-electron chi connectivity index (χ3n) is 3.43. The highest BCUT2D eigenvalue weighted by atomic mass is 19.4. The lowest BCUT2D eigenvalue weighted by molar-refractivity contribution is -0.137. The monoisotopic (exact) mass is 336 g/mol. The van der Waals surface area contributed by atoms with Gasteiger partial charge in [0.15, 0.2) is 0 Å². The summed E-state index contributed by atoms with van der Waals surface area (Å²) < 4.78 is 38.1. The van der Waals surface area contributed by atoms with Crippen LogP contribution in [0.5, 0.6) is 0 Å². The Morgan fingerprint density at radius 3 is 2.21 bits per heavy atom. The Kier molecular flexibility index (Phi) is 4.87. The van der Waals surface area contributed by atoms with Crippen LogP contribution in [0.3, 0.4) is 0 Å². The average molecular weight is 336 g/mol. The molecular formula is C18H19F3N2O. The number of para-hydroxylation sites is 1. The van der Waals surface area contributed by atoms with Gasteiger partial charge in [-0.25, -0.2) is 4.79 Å². The van der Waals surface area contributed by atoms with Gasteiger partial charge in [0, 0.05) is 11.4 Å². The highest BCUT2D eigenvalue weighted by Gasteiger charge is 2.30. The molecule has 24 heavy (non-hydrogen) atoms. The minimum absolute atomic E-state index is 0.0792. The summed E-state index contributed by atoms with van der Waals surface area (Å²) in [6.07, 6.45) is -4.45. The van der Waals surface area contributed by atoms with Gasteiger partial charge in [-0.05, 0) is 35.2 Å². The van der Waals surface area contributed by atoms with Gasteiger partial charge in [0.2, 0.25) is 0 Å². The molecule has 0 fully saturated rings. The second-order valence-electron chi connectivity index (χ2n) is 6.45. The zero-order valence-corrected chi connectivity index (χ0v) is 13.7. The zero-order valence-electron chi connectivity index (χ0n) is 13.7. The maximum atomic E-state index is 12.7. The SMILES string of the molecule is CC(C)(C)c1ccccc1NC(=O)Nc1cccc(C(F)(F)F)c1. The van der Waals surface area contributed by atoms with Crippen molar-refractivity contribution in [1.29, 1.82) is 0 Å². The van der Waals surface area contributed by atoms with E-state index in [1.165, 1.54) is 12.1 Å². The van der Waals surface area contributed by atoms with Crippen LogP contribution in [0.25, 0.3) is 0 Å². The Hall–Kier alpha value is -2.50. The second kappa shape index (κ2) is 6.55. The van der Waals surface area contributed by atoms with E-state index in [1.54, 1.807) is 12.1 Å². The molecule has 128 valence electrons. The number of urea groups is 1. The van der Waals surface area contributed by atoms with Crippen molar-refractivity contribution in [2.45, 2.75) is 32.4 Å². The minimum Gasteiger partial charge on any atom is -0.308 e. The first-order valence-corrected chi connectivity index (χ1v) is 7.42. The lowest BCUT2D eigenvalue weighted by Crippen LogP contribution is -2.23. The van der Waals surface area contributed by atoms with Crippen molar-refractivity contribution in [1.82, 2.24) is 0 Å². The molecule has 0 aliphatic heterocycles. The van der Waals surface area contributed by atoms with Crippen LogP contribution >= 0.6 is 0 Å². The molecule has 0 aromatic heterocycles. The van der Waals surface area contributed by atoms with Crippen molar-refractivity contribution in [2.75, 3.05) is 10.6 Å². The predicted molar refractivity (Wildman–Crippen MR) is 89.2 cm³/mol. The van der Waals surface area contributed by atoms with E-state index in [0.29, 0.717) is 5.69 Å². The van der Waals surface area contributed by atoms with Gasteiger partial charge >= 0.3 is 12.2 Å². The van der Waals surface area contributed by atoms with Crippen molar-refractivity contribution in [3.05, 3.63) is 59.7 Å². The van der Waals surface area contributed by atoms with Crippen LogP contribution in [-0.4, -0.2) is 6.03 Å². The molecule has 0 aliphatic rings. The van der Waals surface area contributed by atoms with Crippen LogP contribution in [-0.2, 0) is 11.6 Å². The molecule has 0 atom stereocenters. The third-order valence-corrected chi connectivity index (χ3v) is 3.43. The van der Waals surface area contributed by atoms with E-state index >= 15 is 0 Å². The standard InChI is InChI=1S/C18H19F3N2O/c1-17(2,3)14-9-4-5-10-15(14)23-16(24)22-13-8-6-7-12(11-13)18(19,20)21/h4-11H,1-3H3,(H2,22,23,24). The summed E-state index contributed by atoms with van der Waals surface area (Å²) >= 11 is 0. The first kappa shape index (κ1) is 17.8. The van der Waals surface area contributed by atoms with Crippen molar-refractivity contribution < 1.29 is 18.0 Å². The fourth-order valence-electron chi connectivity index (χ4n) is 2.30. The summed E-state index contributed by atoms with van der Waals surface area (Å²) in [6.45, 7) is 6.04. The smallest absolute Gasteiger partial charge is 0.308 e. The topological polar surface area (TPSA) is 41.1 Å². The number of rotatable bonds is 2. The largest absolute Gasteiger partial charge is 0.416 e. The van der Waals surface area contributed by atoms with Gasteiger partial charge in [0.25, 0.3) is 0 Å². The van der Waals surface area contributed by atoms with Crippen LogP contribution in [0.4, 0.5) is 29.3 Å². The second-order valence-corrected chi connectivity index (χ2v) is 6.45. The van der Waals surface area contributed by atoms with Crippen molar-refractivity contribution in [3.8, 4) is 0 Å². The summed E-state index contributed by atoms with van der Waals surface area (Å²) in [5.74, 6) is 0. The minimum atomic E-state index is -4.45. The molecular weight excluding hydrogens is 317 g/mol. The normalized spacial score (nSPS) is 11.9. The number of carbonyl (C=O) groups is 1. The third kappa shape index (κ3) is 4.50. The van der Waals surface area contributed by atoms with Gasteiger partial charge in [-0.1, -0.05) is 45.0 Å². The van der Waals surface area contributed by atoms with Gasteiger partial charge in [0.05, 0.1) is 5.56 Å². The Bertz CT molecular complexity index is 734. The molecule has 0 unspecified atom stereocenters. The lowest BCUT2D eigenvalue weighted by Gasteiger charge is -2.23. The number of anilines is 2. The number of halogens is 3. The molecule has 0 saturated carbocycles. The van der Waals surface area contributed by atoms with E-state index < -0.39 is 17.8 Å². The van der Waals surface area contributed by atoms with Crippen molar-refractivity contribution in [2.24, 2.45) is 0 Å². The number of benzene rings is 2. The fraction of sp³-hybridized carbons (Fsp3) is 0.278. The average Bonchev–Trinajstić information content (AvgIpc) is 2.46. The molecule has 0 aliphatic carbocycles. The maximum absolute atomic E-state index is 12.7. The highest BCUT2D eigenvalue weighted by molar-refractivity contribution is 6.00. The Balaban J connectivity index is 2.16. The zero-order chi connectivity index (χ0) is 18.0. The quantitative estimate of drug-likeness (QED) is 0.731. The van der Waals surface area contributed by atoms with Gasteiger partial charge < -0.3 is 10.6 Å². The number of nitrogens with one attached hydrogen (secondary N) is 2. The first-order chi connectivity index (χ1) is 11.1. The van der Waals surface area contributed by atoms with Gasteiger partial charge in [-0.2, -0.15) is 13.2 Å². The fourth-order valence-corrected chi connectivity index (χ4v) is 2.30. The molecule has 2 amide bonds. The van der Waals surface area contributed by atoms with Crippen molar-refractivity contribution in [3.63, 3.8) is 0 Å². The Labute approximate surface area is 138 Å². The summed E-state index contributed by atoms with van der Waals surface area (Å²) in [6, 6.07) is 11.2. The first-order valence-electron chi connectivity index (χ1n) is 7.42. The molecule has 0 bridgehead atoms. The number of amides is 2. The van der Waals surface area contributed by atoms with E-state index in [4.69, 9.17) is 0 Å². The van der Waals surface area contributed by atoms with Crippen molar-refractivity contribution >= 4 is 17.4 Å². The number of hydrogen-bond donors (Lipinski definition) is 2. The van der Waals surface area contributed by atoms with E-state index in [0.717, 1.165) is 17.7 Å². The highest BCUT2D eigenvalue weighted by Crippen LogP contribution is 2.31. The van der Waals surface area contributed by atoms with Gasteiger partial charge in [-0.3, -0.25) is 0 Å². The van der Waals surface area contributed by atoms with Crippen LogP contribution in [0.2, 0.25) is 0 Å². The molecule has 0 radical (unpaired) electrons. The van der Waals surface area contributed by atoms with Crippen LogP contribution in [0.1, 0.15) is 31.9 Å². The van der Waals surface area contributed by atoms with E-state index in [9.17, 15) is 18.0 Å². The molecule has 2 rings (SSSR count). The van der Waals surface area contributed by atoms with Crippen LogP contribution < -0.4 is 10.6 Å². The van der Waals surface area contributed by atoms with Gasteiger partial charge in [0.1, 0.15) is 0 Å². The number of carbonyl (C=O) groups excluding carboxylic acids is 1. The Morgan fingerprint density at radius 1 is 0.917 bits per heavy atom. The van der Waals surface area contributed by atoms with E-state index in [-0.39, 0.29) is 11.1 Å². The van der Waals surface area contributed by atoms with Crippen LogP contribution in [0, 0.1) is 0 Å². The maximum Gasteiger partial charge on any atom is 0.416 e. The predicted octanol–water partition coefficient (Wildman–Crippen LogP) is 5.65. The van der Waals surface area contributed by atoms with Crippen LogP contribution in [0.15, 0.2) is 48.5 Å². The number of hydrogen-bond acceptors (Lipinski definition) is 1. The summed E-state index contributed by atoms with van der Waals surface area (Å²) in [4.78, 5) is 12.1. The number of alkyl halides is 3. The molecule has 6 heteroatoms. The summed E-state index contributed by atoms with van der Waals surface area (Å²) in [7, 11) is 0. The van der Waals surface area contributed by atoms with E-state index in [1.807, 2.05) is 32.9 Å². The summed E-state index contributed by atoms with van der Waals surface area (Å²) in [5.41, 5.74) is 0.643. The molecule has 2 aromatic rings. The molecule has 0 spiro atoms. The molecule has 2 N–H and O–H groups in total. The molecule has 2 aromatic carbocycles. The molecule has 3 nitrogen and oxygen atoms in total. The van der Waals surface area contributed by atoms with E-state index in [2.05, 4.69) is 10.6 Å². The Morgan fingerprint density at radius 2 is 1.58 bits per heavy atom. The lowest BCUT2D eigenvalue weighted by atomic mass is 9.86. The molecule has 0 saturated heterocycles. The van der Waals surface area contributed by atoms with Gasteiger partial charge in [-0.15, -0.1) is 0 Å². The molecule has 0 heterocycles.